The third-order valence-electron chi connectivity index (χ3n) is 5.57. The van der Waals surface area contributed by atoms with Gasteiger partial charge in [0.05, 0.1) is 5.69 Å². The molecule has 2 bridgehead atoms. The number of carbonyl (C=O) groups is 2. The molecule has 0 aromatic carbocycles. The summed E-state index contributed by atoms with van der Waals surface area (Å²) in [6.07, 6.45) is 7.09. The number of anilines is 1. The van der Waals surface area contributed by atoms with Gasteiger partial charge in [-0.1, -0.05) is 0 Å². The maximum absolute atomic E-state index is 12.6. The minimum absolute atomic E-state index is 0.121. The molecule has 118 valence electrons. The Hall–Kier alpha value is -1.43. The Morgan fingerprint density at radius 2 is 1.86 bits per heavy atom. The number of aromatic nitrogens is 1. The average Bonchev–Trinajstić information content (AvgIpc) is 3.19. The molecule has 1 aromatic heterocycles. The summed E-state index contributed by atoms with van der Waals surface area (Å²) in [5.41, 5.74) is 1.11. The standard InChI is InChI=1S/C16H20N2O3S/c19-14(12-8-5-6-9(7-8)13(12)15(20)21)18-16-17-10-3-1-2-4-11(10)22-16/h8-9,12-13H,1-7H2,(H,20,21)(H,17,18,19)/p-1/t8-,9-,12+,13-/m0/s1. The van der Waals surface area contributed by atoms with Crippen molar-refractivity contribution >= 4 is 28.3 Å². The van der Waals surface area contributed by atoms with Gasteiger partial charge in [0.1, 0.15) is 0 Å². The van der Waals surface area contributed by atoms with Gasteiger partial charge in [-0.05, 0) is 56.8 Å². The van der Waals surface area contributed by atoms with Gasteiger partial charge in [-0.3, -0.25) is 4.79 Å². The molecule has 3 aliphatic carbocycles. The highest BCUT2D eigenvalue weighted by molar-refractivity contribution is 7.15. The van der Waals surface area contributed by atoms with Gasteiger partial charge < -0.3 is 15.2 Å². The summed E-state index contributed by atoms with van der Waals surface area (Å²) in [7, 11) is 0. The molecule has 0 aliphatic heterocycles. The highest BCUT2D eigenvalue weighted by Crippen LogP contribution is 2.52. The number of thiazole rings is 1. The number of hydrogen-bond donors (Lipinski definition) is 1. The van der Waals surface area contributed by atoms with Crippen molar-refractivity contribution in [3.63, 3.8) is 0 Å². The number of nitrogens with zero attached hydrogens (tertiary/aromatic N) is 1. The molecule has 5 nitrogen and oxygen atoms in total. The minimum Gasteiger partial charge on any atom is -0.550 e. The fourth-order valence-electron chi connectivity index (χ4n) is 4.60. The van der Waals surface area contributed by atoms with Gasteiger partial charge in [-0.25, -0.2) is 4.98 Å². The zero-order chi connectivity index (χ0) is 15.3. The predicted octanol–water partition coefficient (Wildman–Crippen LogP) is 1.37. The summed E-state index contributed by atoms with van der Waals surface area (Å²) in [5.74, 6) is -1.98. The Labute approximate surface area is 133 Å². The number of nitrogens with one attached hydrogen (secondary N) is 1. The highest BCUT2D eigenvalue weighted by atomic mass is 32.1. The zero-order valence-corrected chi connectivity index (χ0v) is 13.2. The first-order valence-corrected chi connectivity index (χ1v) is 8.95. The fourth-order valence-corrected chi connectivity index (χ4v) is 5.65. The van der Waals surface area contributed by atoms with Gasteiger partial charge >= 0.3 is 0 Å². The Morgan fingerprint density at radius 1 is 1.14 bits per heavy atom. The quantitative estimate of drug-likeness (QED) is 0.912. The van der Waals surface area contributed by atoms with Crippen molar-refractivity contribution in [3.05, 3.63) is 10.6 Å². The molecule has 4 atom stereocenters. The number of carboxylic acid groups (broad SMARTS) is 1. The lowest BCUT2D eigenvalue weighted by molar-refractivity contribution is -0.314. The lowest BCUT2D eigenvalue weighted by Crippen LogP contribution is -2.43. The lowest BCUT2D eigenvalue weighted by Gasteiger charge is -2.30. The summed E-state index contributed by atoms with van der Waals surface area (Å²) in [5, 5.41) is 14.9. The molecular weight excluding hydrogens is 300 g/mol. The van der Waals surface area contributed by atoms with Crippen molar-refractivity contribution in [3.8, 4) is 0 Å². The van der Waals surface area contributed by atoms with Crippen LogP contribution in [0.2, 0.25) is 0 Å². The van der Waals surface area contributed by atoms with Gasteiger partial charge in [0.15, 0.2) is 5.13 Å². The van der Waals surface area contributed by atoms with E-state index >= 15 is 0 Å². The van der Waals surface area contributed by atoms with Crippen molar-refractivity contribution in [1.82, 2.24) is 4.98 Å². The van der Waals surface area contributed by atoms with E-state index in [1.165, 1.54) is 11.3 Å². The van der Waals surface area contributed by atoms with E-state index in [0.29, 0.717) is 5.13 Å². The van der Waals surface area contributed by atoms with Crippen LogP contribution < -0.4 is 10.4 Å². The van der Waals surface area contributed by atoms with Crippen LogP contribution in [-0.2, 0) is 22.4 Å². The van der Waals surface area contributed by atoms with Crippen LogP contribution >= 0.6 is 11.3 Å². The SMILES string of the molecule is O=C(Nc1nc2c(s1)CCCC2)[C@@H]1[C@H]2CC[C@@H](C2)[C@@H]1C(=O)[O-]. The number of amides is 1. The second-order valence-corrected chi connectivity index (χ2v) is 7.87. The molecule has 4 rings (SSSR count). The van der Waals surface area contributed by atoms with E-state index in [0.717, 1.165) is 44.2 Å². The molecule has 1 amide bonds. The number of carbonyl (C=O) groups excluding carboxylic acids is 2. The van der Waals surface area contributed by atoms with Crippen molar-refractivity contribution in [1.29, 1.82) is 0 Å². The van der Waals surface area contributed by atoms with Crippen molar-refractivity contribution in [2.45, 2.75) is 44.9 Å². The lowest BCUT2D eigenvalue weighted by atomic mass is 9.79. The first-order chi connectivity index (χ1) is 10.6. The van der Waals surface area contributed by atoms with Gasteiger partial charge in [0.2, 0.25) is 5.91 Å². The second kappa shape index (κ2) is 5.33. The molecule has 2 saturated carbocycles. The molecule has 22 heavy (non-hydrogen) atoms. The van der Waals surface area contributed by atoms with Crippen LogP contribution in [0.3, 0.4) is 0 Å². The molecule has 1 N–H and O–H groups in total. The van der Waals surface area contributed by atoms with Gasteiger partial charge in [0.25, 0.3) is 0 Å². The molecule has 0 spiro atoms. The van der Waals surface area contributed by atoms with Gasteiger partial charge in [-0.2, -0.15) is 0 Å². The molecule has 2 fully saturated rings. The molecule has 0 radical (unpaired) electrons. The van der Waals surface area contributed by atoms with E-state index in [1.54, 1.807) is 11.3 Å². The molecule has 1 aromatic rings. The second-order valence-electron chi connectivity index (χ2n) is 6.79. The molecular formula is C16H19N2O3S-. The number of aryl methyl sites for hydroxylation is 2. The molecule has 3 aliphatic rings. The monoisotopic (exact) mass is 319 g/mol. The van der Waals surface area contributed by atoms with Gasteiger partial charge in [-0.15, -0.1) is 11.3 Å². The summed E-state index contributed by atoms with van der Waals surface area (Å²) in [6.45, 7) is 0. The van der Waals surface area contributed by atoms with Crippen LogP contribution in [-0.4, -0.2) is 16.9 Å². The zero-order valence-electron chi connectivity index (χ0n) is 12.3. The Morgan fingerprint density at radius 3 is 2.59 bits per heavy atom. The van der Waals surface area contributed by atoms with E-state index in [4.69, 9.17) is 0 Å². The highest BCUT2D eigenvalue weighted by Gasteiger charge is 2.51. The van der Waals surface area contributed by atoms with Crippen LogP contribution in [0, 0.1) is 23.7 Å². The maximum atomic E-state index is 12.6. The van der Waals surface area contributed by atoms with E-state index in [9.17, 15) is 14.7 Å². The first kappa shape index (κ1) is 14.2. The Balaban J connectivity index is 1.52. The molecule has 0 unspecified atom stereocenters. The molecule has 1 heterocycles. The third-order valence-corrected chi connectivity index (χ3v) is 6.64. The van der Waals surface area contributed by atoms with Crippen LogP contribution in [0.15, 0.2) is 0 Å². The van der Waals surface area contributed by atoms with E-state index in [2.05, 4.69) is 10.3 Å². The summed E-state index contributed by atoms with van der Waals surface area (Å²) in [4.78, 5) is 29.8. The van der Waals surface area contributed by atoms with E-state index in [-0.39, 0.29) is 17.7 Å². The topological polar surface area (TPSA) is 82.1 Å². The fraction of sp³-hybridized carbons (Fsp3) is 0.688. The summed E-state index contributed by atoms with van der Waals surface area (Å²) in [6, 6.07) is 0. The molecule has 0 saturated heterocycles. The van der Waals surface area contributed by atoms with Crippen molar-refractivity contribution in [2.75, 3.05) is 5.32 Å². The summed E-state index contributed by atoms with van der Waals surface area (Å²) < 4.78 is 0. The van der Waals surface area contributed by atoms with Crippen LogP contribution in [0.4, 0.5) is 5.13 Å². The van der Waals surface area contributed by atoms with Crippen molar-refractivity contribution in [2.24, 2.45) is 23.7 Å². The van der Waals surface area contributed by atoms with E-state index < -0.39 is 17.8 Å². The summed E-state index contributed by atoms with van der Waals surface area (Å²) >= 11 is 1.55. The van der Waals surface area contributed by atoms with Crippen LogP contribution in [0.1, 0.15) is 42.7 Å². The number of hydrogen-bond acceptors (Lipinski definition) is 5. The maximum Gasteiger partial charge on any atom is 0.230 e. The smallest absolute Gasteiger partial charge is 0.230 e. The number of carboxylic acids is 1. The van der Waals surface area contributed by atoms with Crippen LogP contribution in [0.5, 0.6) is 0 Å². The third kappa shape index (κ3) is 2.24. The van der Waals surface area contributed by atoms with Crippen molar-refractivity contribution < 1.29 is 14.7 Å². The van der Waals surface area contributed by atoms with E-state index in [1.807, 2.05) is 0 Å². The Kier molecular flexibility index (Phi) is 3.44. The van der Waals surface area contributed by atoms with Crippen LogP contribution in [0.25, 0.3) is 0 Å². The number of aliphatic carboxylic acids is 1. The Bertz CT molecular complexity index is 603. The first-order valence-electron chi connectivity index (χ1n) is 8.14. The molecule has 6 heteroatoms. The predicted molar refractivity (Wildman–Crippen MR) is 80.2 cm³/mol. The number of rotatable bonds is 3. The normalized spacial score (nSPS) is 32.7. The average molecular weight is 319 g/mol. The minimum atomic E-state index is -1.06. The largest absolute Gasteiger partial charge is 0.550 e. The van der Waals surface area contributed by atoms with Gasteiger partial charge in [0, 0.05) is 22.7 Å². The number of fused-ring (bicyclic) bond motifs is 3.